The number of alkyl halides is 3. The van der Waals surface area contributed by atoms with Crippen molar-refractivity contribution in [2.45, 2.75) is 5.51 Å². The summed E-state index contributed by atoms with van der Waals surface area (Å²) in [6, 6.07) is 0. The van der Waals surface area contributed by atoms with Gasteiger partial charge in [-0.15, -0.1) is 0 Å². The van der Waals surface area contributed by atoms with Crippen LogP contribution in [-0.4, -0.2) is 30.0 Å². The third kappa shape index (κ3) is 7.93. The monoisotopic (exact) mass is 218 g/mol. The van der Waals surface area contributed by atoms with Crippen LogP contribution in [0.5, 0.6) is 0 Å². The van der Waals surface area contributed by atoms with Crippen LogP contribution in [0.2, 0.25) is 0 Å². The second-order valence-corrected chi connectivity index (χ2v) is 3.37. The molecule has 0 radical (unpaired) electrons. The maximum absolute atomic E-state index is 11.5. The van der Waals surface area contributed by atoms with Crippen molar-refractivity contribution in [3.63, 3.8) is 0 Å². The summed E-state index contributed by atoms with van der Waals surface area (Å²) in [6.07, 6.45) is 0. The molecule has 0 atom stereocenters. The van der Waals surface area contributed by atoms with Crippen LogP contribution < -0.4 is 10.6 Å². The van der Waals surface area contributed by atoms with Gasteiger partial charge in [-0.05, 0) is 24.0 Å². The van der Waals surface area contributed by atoms with Gasteiger partial charge in [0.2, 0.25) is 0 Å². The molecule has 0 amide bonds. The Hall–Kier alpha value is -0.170. The smallest absolute Gasteiger partial charge is 0.366 e. The van der Waals surface area contributed by atoms with Crippen molar-refractivity contribution < 1.29 is 13.2 Å². The second-order valence-electron chi connectivity index (χ2n) is 1.80. The Kier molecular flexibility index (Phi) is 5.39. The lowest BCUT2D eigenvalue weighted by atomic mass is 10.7. The fraction of sp³-hybridized carbons (Fsp3) is 0.800. The van der Waals surface area contributed by atoms with E-state index in [9.17, 15) is 13.2 Å². The van der Waals surface area contributed by atoms with Gasteiger partial charge in [0.15, 0.2) is 5.11 Å². The highest BCUT2D eigenvalue weighted by Gasteiger charge is 2.27. The Morgan fingerprint density at radius 3 is 2.50 bits per heavy atom. The van der Waals surface area contributed by atoms with Crippen LogP contribution in [0.3, 0.4) is 0 Å². The molecule has 0 aliphatic rings. The van der Waals surface area contributed by atoms with Crippen LogP contribution in [0.25, 0.3) is 0 Å². The van der Waals surface area contributed by atoms with Gasteiger partial charge in [-0.2, -0.15) is 13.2 Å². The standard InChI is InChI=1S/C5H9F3N2S2/c1-9-4(11)10-2-3-12-5(6,7)8/h2-3H2,1H3,(H2,9,10,11). The molecule has 0 rings (SSSR count). The van der Waals surface area contributed by atoms with Gasteiger partial charge in [-0.3, -0.25) is 0 Å². The van der Waals surface area contributed by atoms with Crippen molar-refractivity contribution >= 4 is 29.1 Å². The predicted octanol–water partition coefficient (Wildman–Crippen LogP) is 1.33. The van der Waals surface area contributed by atoms with E-state index in [1.165, 1.54) is 0 Å². The first-order valence-electron chi connectivity index (χ1n) is 3.12. The molecule has 0 fully saturated rings. The summed E-state index contributed by atoms with van der Waals surface area (Å²) in [5.74, 6) is -0.0364. The average molecular weight is 218 g/mol. The van der Waals surface area contributed by atoms with Gasteiger partial charge in [0.05, 0.1) is 0 Å². The highest BCUT2D eigenvalue weighted by Crippen LogP contribution is 2.29. The SMILES string of the molecule is CNC(=S)NCCSC(F)(F)F. The summed E-state index contributed by atoms with van der Waals surface area (Å²) >= 11 is 4.59. The van der Waals surface area contributed by atoms with Crippen LogP contribution in [0.1, 0.15) is 0 Å². The summed E-state index contributed by atoms with van der Waals surface area (Å²) in [7, 11) is 1.60. The predicted molar refractivity (Wildman–Crippen MR) is 48.2 cm³/mol. The van der Waals surface area contributed by atoms with Gasteiger partial charge in [0.1, 0.15) is 0 Å². The Morgan fingerprint density at radius 2 is 2.08 bits per heavy atom. The maximum atomic E-state index is 11.5. The Bertz CT molecular complexity index is 148. The molecule has 12 heavy (non-hydrogen) atoms. The van der Waals surface area contributed by atoms with E-state index in [2.05, 4.69) is 22.9 Å². The lowest BCUT2D eigenvalue weighted by Gasteiger charge is -2.07. The van der Waals surface area contributed by atoms with E-state index in [1.807, 2.05) is 0 Å². The zero-order chi connectivity index (χ0) is 9.61. The van der Waals surface area contributed by atoms with Gasteiger partial charge >= 0.3 is 5.51 Å². The maximum Gasteiger partial charge on any atom is 0.441 e. The van der Waals surface area contributed by atoms with Crippen molar-refractivity contribution in [1.82, 2.24) is 10.6 Å². The van der Waals surface area contributed by atoms with Gasteiger partial charge in [-0.25, -0.2) is 0 Å². The number of thiocarbonyl (C=S) groups is 1. The van der Waals surface area contributed by atoms with E-state index in [0.29, 0.717) is 5.11 Å². The average Bonchev–Trinajstić information content (AvgIpc) is 1.96. The normalized spacial score (nSPS) is 11.0. The summed E-state index contributed by atoms with van der Waals surface area (Å²) < 4.78 is 34.6. The fourth-order valence-corrected chi connectivity index (χ4v) is 0.957. The number of halogens is 3. The number of hydrogen-bond donors (Lipinski definition) is 2. The van der Waals surface area contributed by atoms with Gasteiger partial charge in [0.25, 0.3) is 0 Å². The molecule has 2 nitrogen and oxygen atoms in total. The molecule has 72 valence electrons. The van der Waals surface area contributed by atoms with E-state index >= 15 is 0 Å². The largest absolute Gasteiger partial charge is 0.441 e. The highest BCUT2D eigenvalue weighted by atomic mass is 32.2. The van der Waals surface area contributed by atoms with Crippen LogP contribution in [0, 0.1) is 0 Å². The topological polar surface area (TPSA) is 24.1 Å². The molecule has 0 unspecified atom stereocenters. The Morgan fingerprint density at radius 1 is 1.50 bits per heavy atom. The van der Waals surface area contributed by atoms with E-state index in [1.54, 1.807) is 7.05 Å². The van der Waals surface area contributed by atoms with E-state index in [4.69, 9.17) is 0 Å². The first kappa shape index (κ1) is 11.8. The van der Waals surface area contributed by atoms with Crippen molar-refractivity contribution in [2.75, 3.05) is 19.3 Å². The van der Waals surface area contributed by atoms with E-state index in [-0.39, 0.29) is 24.1 Å². The molecular weight excluding hydrogens is 209 g/mol. The van der Waals surface area contributed by atoms with Crippen LogP contribution in [0.15, 0.2) is 0 Å². The van der Waals surface area contributed by atoms with Crippen molar-refractivity contribution in [2.24, 2.45) is 0 Å². The molecule has 0 spiro atoms. The zero-order valence-corrected chi connectivity index (χ0v) is 8.00. The fourth-order valence-electron chi connectivity index (χ4n) is 0.420. The third-order valence-corrected chi connectivity index (χ3v) is 1.96. The van der Waals surface area contributed by atoms with Crippen LogP contribution in [-0.2, 0) is 0 Å². The number of rotatable bonds is 3. The minimum absolute atomic E-state index is 0.0364. The molecule has 0 saturated heterocycles. The van der Waals surface area contributed by atoms with Crippen molar-refractivity contribution in [3.8, 4) is 0 Å². The zero-order valence-electron chi connectivity index (χ0n) is 6.36. The van der Waals surface area contributed by atoms with Crippen LogP contribution >= 0.6 is 24.0 Å². The summed E-state index contributed by atoms with van der Waals surface area (Å²) in [5, 5.41) is 5.56. The summed E-state index contributed by atoms with van der Waals surface area (Å²) in [6.45, 7) is 0.212. The molecule has 0 heterocycles. The number of nitrogens with one attached hydrogen (secondary N) is 2. The summed E-state index contributed by atoms with van der Waals surface area (Å²) in [5.41, 5.74) is -4.15. The van der Waals surface area contributed by atoms with Crippen molar-refractivity contribution in [1.29, 1.82) is 0 Å². The van der Waals surface area contributed by atoms with E-state index < -0.39 is 5.51 Å². The minimum Gasteiger partial charge on any atom is -0.366 e. The lowest BCUT2D eigenvalue weighted by molar-refractivity contribution is -0.0327. The molecule has 0 aromatic carbocycles. The molecule has 0 aliphatic heterocycles. The molecule has 0 aromatic heterocycles. The van der Waals surface area contributed by atoms with E-state index in [0.717, 1.165) is 0 Å². The highest BCUT2D eigenvalue weighted by molar-refractivity contribution is 8.00. The molecule has 0 saturated carbocycles. The second kappa shape index (κ2) is 5.47. The third-order valence-electron chi connectivity index (χ3n) is 0.880. The molecule has 0 bridgehead atoms. The molecule has 2 N–H and O–H groups in total. The quantitative estimate of drug-likeness (QED) is 0.551. The van der Waals surface area contributed by atoms with Gasteiger partial charge in [-0.1, -0.05) is 0 Å². The number of hydrogen-bond acceptors (Lipinski definition) is 2. The first-order valence-corrected chi connectivity index (χ1v) is 4.51. The Labute approximate surface area is 78.3 Å². The number of thioether (sulfide) groups is 1. The molecular formula is C5H9F3N2S2. The van der Waals surface area contributed by atoms with Gasteiger partial charge in [0, 0.05) is 19.3 Å². The van der Waals surface area contributed by atoms with Crippen LogP contribution in [0.4, 0.5) is 13.2 Å². The Balaban J connectivity index is 3.28. The molecule has 0 aromatic rings. The first-order chi connectivity index (χ1) is 5.45. The minimum atomic E-state index is -4.15. The molecule has 0 aliphatic carbocycles. The van der Waals surface area contributed by atoms with Crippen molar-refractivity contribution in [3.05, 3.63) is 0 Å². The summed E-state index contributed by atoms with van der Waals surface area (Å²) in [4.78, 5) is 0. The van der Waals surface area contributed by atoms with Gasteiger partial charge < -0.3 is 10.6 Å². The molecule has 7 heteroatoms. The lowest BCUT2D eigenvalue weighted by Crippen LogP contribution is -2.34.